The quantitative estimate of drug-likeness (QED) is 0.881. The first kappa shape index (κ1) is 13.4. The molecule has 0 aliphatic rings. The predicted molar refractivity (Wildman–Crippen MR) is 81.8 cm³/mol. The second-order valence-electron chi connectivity index (χ2n) is 4.37. The molecule has 2 rings (SSSR count). The van der Waals surface area contributed by atoms with Gasteiger partial charge in [-0.2, -0.15) is 5.26 Å². The molecule has 0 bridgehead atoms. The maximum atomic E-state index is 8.78. The molecule has 0 saturated heterocycles. The van der Waals surface area contributed by atoms with Crippen LogP contribution in [0.1, 0.15) is 11.1 Å². The van der Waals surface area contributed by atoms with E-state index in [1.807, 2.05) is 49.5 Å². The molecule has 0 aliphatic heterocycles. The van der Waals surface area contributed by atoms with Gasteiger partial charge in [0.25, 0.3) is 0 Å². The van der Waals surface area contributed by atoms with Crippen molar-refractivity contribution in [3.8, 4) is 6.07 Å². The van der Waals surface area contributed by atoms with Crippen LogP contribution in [0.4, 0.5) is 11.4 Å². The van der Waals surface area contributed by atoms with Crippen molar-refractivity contribution in [1.82, 2.24) is 0 Å². The number of rotatable bonds is 3. The van der Waals surface area contributed by atoms with Crippen LogP contribution in [0.25, 0.3) is 0 Å². The van der Waals surface area contributed by atoms with Gasteiger partial charge >= 0.3 is 0 Å². The molecule has 2 aromatic rings. The van der Waals surface area contributed by atoms with E-state index in [4.69, 9.17) is 11.0 Å². The minimum absolute atomic E-state index is 0.672. The highest BCUT2D eigenvalue weighted by Crippen LogP contribution is 2.23. The first-order valence-corrected chi connectivity index (χ1v) is 6.64. The van der Waals surface area contributed by atoms with Crippen molar-refractivity contribution in [1.29, 1.82) is 5.26 Å². The Balaban J connectivity index is 2.16. The van der Waals surface area contributed by atoms with Gasteiger partial charge in [0.05, 0.1) is 11.6 Å². The Morgan fingerprint density at radius 3 is 2.47 bits per heavy atom. The Labute approximate surface area is 121 Å². The van der Waals surface area contributed by atoms with Crippen LogP contribution in [0.3, 0.4) is 0 Å². The molecule has 3 nitrogen and oxygen atoms in total. The molecule has 96 valence electrons. The molecular weight excluding hydrogens is 302 g/mol. The highest BCUT2D eigenvalue weighted by Gasteiger charge is 2.05. The Morgan fingerprint density at radius 2 is 1.89 bits per heavy atom. The summed E-state index contributed by atoms with van der Waals surface area (Å²) in [5.41, 5.74) is 9.39. The van der Waals surface area contributed by atoms with Crippen molar-refractivity contribution in [2.45, 2.75) is 6.54 Å². The van der Waals surface area contributed by atoms with Crippen LogP contribution in [0.15, 0.2) is 46.9 Å². The average molecular weight is 316 g/mol. The van der Waals surface area contributed by atoms with Crippen LogP contribution < -0.4 is 10.6 Å². The van der Waals surface area contributed by atoms with Crippen molar-refractivity contribution in [2.75, 3.05) is 17.7 Å². The fraction of sp³-hybridized carbons (Fsp3) is 0.133. The van der Waals surface area contributed by atoms with E-state index in [9.17, 15) is 0 Å². The van der Waals surface area contributed by atoms with E-state index in [2.05, 4.69) is 26.9 Å². The van der Waals surface area contributed by atoms with Crippen LogP contribution in [0.5, 0.6) is 0 Å². The second-order valence-corrected chi connectivity index (χ2v) is 5.22. The largest absolute Gasteiger partial charge is 0.399 e. The van der Waals surface area contributed by atoms with E-state index in [0.717, 1.165) is 22.4 Å². The van der Waals surface area contributed by atoms with Crippen LogP contribution in [-0.2, 0) is 6.54 Å². The number of hydrogen-bond donors (Lipinski definition) is 1. The van der Waals surface area contributed by atoms with Gasteiger partial charge in [-0.05, 0) is 42.0 Å². The van der Waals surface area contributed by atoms with Gasteiger partial charge in [-0.1, -0.05) is 22.0 Å². The number of anilines is 2. The summed E-state index contributed by atoms with van der Waals surface area (Å²) in [7, 11) is 2.02. The molecule has 2 aromatic carbocycles. The Hall–Kier alpha value is -1.99. The van der Waals surface area contributed by atoms with E-state index in [-0.39, 0.29) is 0 Å². The molecule has 0 saturated carbocycles. The fourth-order valence-electron chi connectivity index (χ4n) is 1.83. The Morgan fingerprint density at radius 1 is 1.21 bits per heavy atom. The van der Waals surface area contributed by atoms with Crippen molar-refractivity contribution in [2.24, 2.45) is 0 Å². The lowest BCUT2D eigenvalue weighted by atomic mass is 10.1. The highest BCUT2D eigenvalue weighted by molar-refractivity contribution is 9.10. The van der Waals surface area contributed by atoms with Gasteiger partial charge in [0.1, 0.15) is 0 Å². The van der Waals surface area contributed by atoms with Crippen molar-refractivity contribution in [3.05, 3.63) is 58.1 Å². The van der Waals surface area contributed by atoms with E-state index in [1.165, 1.54) is 5.56 Å². The molecule has 4 heteroatoms. The summed E-state index contributed by atoms with van der Waals surface area (Å²) in [6, 6.07) is 15.5. The van der Waals surface area contributed by atoms with Gasteiger partial charge in [-0.15, -0.1) is 0 Å². The van der Waals surface area contributed by atoms with Crippen LogP contribution in [0, 0.1) is 11.3 Å². The number of halogens is 1. The minimum Gasteiger partial charge on any atom is -0.399 e. The summed E-state index contributed by atoms with van der Waals surface area (Å²) in [6.07, 6.45) is 0. The van der Waals surface area contributed by atoms with E-state index < -0.39 is 0 Å². The van der Waals surface area contributed by atoms with Crippen molar-refractivity contribution in [3.63, 3.8) is 0 Å². The lowest BCUT2D eigenvalue weighted by Gasteiger charge is -2.20. The monoisotopic (exact) mass is 315 g/mol. The molecule has 0 heterocycles. The SMILES string of the molecule is CN(Cc1ccc(N)cc1Br)c1ccc(C#N)cc1. The molecule has 0 aromatic heterocycles. The van der Waals surface area contributed by atoms with Gasteiger partial charge in [0, 0.05) is 29.4 Å². The first-order chi connectivity index (χ1) is 9.10. The molecular formula is C15H14BrN3. The lowest BCUT2D eigenvalue weighted by molar-refractivity contribution is 0.918. The summed E-state index contributed by atoms with van der Waals surface area (Å²) in [6.45, 7) is 0.771. The van der Waals surface area contributed by atoms with Gasteiger partial charge in [0.2, 0.25) is 0 Å². The van der Waals surface area contributed by atoms with Crippen LogP contribution in [0.2, 0.25) is 0 Å². The summed E-state index contributed by atoms with van der Waals surface area (Å²) in [5, 5.41) is 8.78. The molecule has 0 spiro atoms. The summed E-state index contributed by atoms with van der Waals surface area (Å²) in [4.78, 5) is 2.12. The van der Waals surface area contributed by atoms with Gasteiger partial charge in [-0.3, -0.25) is 0 Å². The zero-order valence-electron chi connectivity index (χ0n) is 10.6. The second kappa shape index (κ2) is 5.77. The van der Waals surface area contributed by atoms with Gasteiger partial charge in [0.15, 0.2) is 0 Å². The maximum absolute atomic E-state index is 8.78. The molecule has 0 atom stereocenters. The van der Waals surface area contributed by atoms with E-state index in [0.29, 0.717) is 5.56 Å². The standard InChI is InChI=1S/C15H14BrN3/c1-19(14-6-2-11(9-17)3-7-14)10-12-4-5-13(18)8-15(12)16/h2-8H,10,18H2,1H3. The van der Waals surface area contributed by atoms with Crippen molar-refractivity contribution >= 4 is 27.3 Å². The number of benzene rings is 2. The third-order valence-electron chi connectivity index (χ3n) is 2.92. The number of nitriles is 1. The Kier molecular flexibility index (Phi) is 4.08. The molecule has 0 aliphatic carbocycles. The zero-order valence-corrected chi connectivity index (χ0v) is 12.2. The Bertz CT molecular complexity index is 614. The molecule has 0 amide bonds. The number of nitrogen functional groups attached to an aromatic ring is 1. The molecule has 0 fully saturated rings. The maximum Gasteiger partial charge on any atom is 0.0991 e. The zero-order chi connectivity index (χ0) is 13.8. The van der Waals surface area contributed by atoms with Crippen LogP contribution >= 0.6 is 15.9 Å². The molecule has 19 heavy (non-hydrogen) atoms. The topological polar surface area (TPSA) is 53.0 Å². The normalized spacial score (nSPS) is 9.95. The third kappa shape index (κ3) is 3.27. The highest BCUT2D eigenvalue weighted by atomic mass is 79.9. The van der Waals surface area contributed by atoms with Gasteiger partial charge in [-0.25, -0.2) is 0 Å². The lowest BCUT2D eigenvalue weighted by Crippen LogP contribution is -2.16. The molecule has 0 unspecified atom stereocenters. The van der Waals surface area contributed by atoms with Crippen molar-refractivity contribution < 1.29 is 0 Å². The van der Waals surface area contributed by atoms with E-state index >= 15 is 0 Å². The number of nitrogens with zero attached hydrogens (tertiary/aromatic N) is 2. The number of nitrogens with two attached hydrogens (primary N) is 1. The fourth-order valence-corrected chi connectivity index (χ4v) is 2.35. The average Bonchev–Trinajstić information content (AvgIpc) is 2.42. The molecule has 2 N–H and O–H groups in total. The van der Waals surface area contributed by atoms with E-state index in [1.54, 1.807) is 0 Å². The number of hydrogen-bond acceptors (Lipinski definition) is 3. The first-order valence-electron chi connectivity index (χ1n) is 5.85. The molecule has 0 radical (unpaired) electrons. The summed E-state index contributed by atoms with van der Waals surface area (Å²) in [5.74, 6) is 0. The minimum atomic E-state index is 0.672. The summed E-state index contributed by atoms with van der Waals surface area (Å²) < 4.78 is 1.01. The third-order valence-corrected chi connectivity index (χ3v) is 3.66. The van der Waals surface area contributed by atoms with Gasteiger partial charge < -0.3 is 10.6 Å². The predicted octanol–water partition coefficient (Wildman–Crippen LogP) is 3.54. The smallest absolute Gasteiger partial charge is 0.0991 e. The van der Waals surface area contributed by atoms with Crippen LogP contribution in [-0.4, -0.2) is 7.05 Å². The summed E-state index contributed by atoms with van der Waals surface area (Å²) >= 11 is 3.52.